The number of rotatable bonds is 2. The molecule has 4 nitrogen and oxygen atoms in total. The van der Waals surface area contributed by atoms with Crippen LogP contribution in [-0.4, -0.2) is 29.4 Å². The predicted molar refractivity (Wildman–Crippen MR) is 58.9 cm³/mol. The van der Waals surface area contributed by atoms with Crippen molar-refractivity contribution in [1.82, 2.24) is 5.32 Å². The van der Waals surface area contributed by atoms with E-state index in [0.29, 0.717) is 5.92 Å². The molecular formula is C12H19NO3. The lowest BCUT2D eigenvalue weighted by atomic mass is 9.61. The first-order valence-corrected chi connectivity index (χ1v) is 5.75. The fourth-order valence-electron chi connectivity index (χ4n) is 2.92. The van der Waals surface area contributed by atoms with E-state index < -0.39 is 11.1 Å². The van der Waals surface area contributed by atoms with Crippen LogP contribution in [0.25, 0.3) is 0 Å². The summed E-state index contributed by atoms with van der Waals surface area (Å²) in [5.41, 5.74) is -1.22. The minimum absolute atomic E-state index is 0.0899. The Labute approximate surface area is 95.7 Å². The number of carbonyl (C=O) groups excluding carboxylic acids is 2. The highest BCUT2D eigenvalue weighted by Gasteiger charge is 2.66. The third-order valence-electron chi connectivity index (χ3n) is 3.47. The average Bonchev–Trinajstić information content (AvgIpc) is 2.54. The zero-order valence-corrected chi connectivity index (χ0v) is 10.3. The summed E-state index contributed by atoms with van der Waals surface area (Å²) in [5.74, 6) is -0.0339. The maximum atomic E-state index is 12.1. The van der Waals surface area contributed by atoms with Crippen molar-refractivity contribution in [3.05, 3.63) is 0 Å². The molecule has 4 heteroatoms. The van der Waals surface area contributed by atoms with Gasteiger partial charge in [-0.3, -0.25) is 9.59 Å². The molecule has 2 bridgehead atoms. The second kappa shape index (κ2) is 3.29. The van der Waals surface area contributed by atoms with Gasteiger partial charge in [0, 0.05) is 0 Å². The Morgan fingerprint density at radius 2 is 2.00 bits per heavy atom. The van der Waals surface area contributed by atoms with E-state index in [1.165, 1.54) is 0 Å². The molecule has 2 saturated heterocycles. The summed E-state index contributed by atoms with van der Waals surface area (Å²) in [4.78, 5) is 23.6. The molecule has 1 N–H and O–H groups in total. The standard InChI is InChI=1S/C12H19NO3/c1-7(14)9-8-5-12(9,13-6-8)10(15)16-11(2,3)4/h8-9,13H,5-6H2,1-4H3/t8-,9+,12-/m1/s1. The molecule has 0 spiro atoms. The fraction of sp³-hybridized carbons (Fsp3) is 0.833. The first kappa shape index (κ1) is 11.6. The maximum absolute atomic E-state index is 12.1. The minimum Gasteiger partial charge on any atom is -0.459 e. The largest absolute Gasteiger partial charge is 0.459 e. The number of esters is 1. The van der Waals surface area contributed by atoms with Crippen molar-refractivity contribution in [1.29, 1.82) is 0 Å². The van der Waals surface area contributed by atoms with Crippen molar-refractivity contribution in [2.75, 3.05) is 6.54 Å². The summed E-state index contributed by atoms with van der Waals surface area (Å²) in [6.07, 6.45) is 0.742. The summed E-state index contributed by atoms with van der Waals surface area (Å²) in [7, 11) is 0. The zero-order valence-electron chi connectivity index (χ0n) is 10.3. The van der Waals surface area contributed by atoms with Crippen molar-refractivity contribution in [2.45, 2.75) is 45.3 Å². The third-order valence-corrected chi connectivity index (χ3v) is 3.47. The van der Waals surface area contributed by atoms with Crippen LogP contribution in [0.3, 0.4) is 0 Å². The number of ether oxygens (including phenoxy) is 1. The van der Waals surface area contributed by atoms with Gasteiger partial charge in [-0.15, -0.1) is 0 Å². The van der Waals surface area contributed by atoms with Crippen molar-refractivity contribution >= 4 is 11.8 Å². The van der Waals surface area contributed by atoms with Crippen molar-refractivity contribution in [2.24, 2.45) is 11.8 Å². The summed E-state index contributed by atoms with van der Waals surface area (Å²) in [6, 6.07) is 0. The number of hydrogen-bond donors (Lipinski definition) is 1. The molecule has 2 heterocycles. The number of ketones is 1. The summed E-state index contributed by atoms with van der Waals surface area (Å²) in [5, 5.41) is 3.17. The summed E-state index contributed by atoms with van der Waals surface area (Å²) in [6.45, 7) is 7.84. The highest BCUT2D eigenvalue weighted by atomic mass is 16.6. The van der Waals surface area contributed by atoms with E-state index in [9.17, 15) is 9.59 Å². The van der Waals surface area contributed by atoms with Crippen molar-refractivity contribution in [3.8, 4) is 0 Å². The van der Waals surface area contributed by atoms with Crippen LogP contribution in [0.15, 0.2) is 0 Å². The molecule has 0 radical (unpaired) electrons. The molecule has 0 aromatic heterocycles. The summed E-state index contributed by atoms with van der Waals surface area (Å²) >= 11 is 0. The van der Waals surface area contributed by atoms with Gasteiger partial charge in [0.25, 0.3) is 0 Å². The molecule has 90 valence electrons. The molecule has 0 amide bonds. The van der Waals surface area contributed by atoms with Crippen molar-refractivity contribution < 1.29 is 14.3 Å². The molecule has 16 heavy (non-hydrogen) atoms. The molecule has 3 atom stereocenters. The Hall–Kier alpha value is -0.900. The lowest BCUT2D eigenvalue weighted by Crippen LogP contribution is -2.62. The third kappa shape index (κ3) is 1.56. The molecule has 0 aromatic rings. The fourth-order valence-corrected chi connectivity index (χ4v) is 2.92. The molecule has 0 aromatic carbocycles. The van der Waals surface area contributed by atoms with Crippen molar-refractivity contribution in [3.63, 3.8) is 0 Å². The van der Waals surface area contributed by atoms with E-state index >= 15 is 0 Å². The zero-order chi connectivity index (χ0) is 12.1. The average molecular weight is 225 g/mol. The van der Waals surface area contributed by atoms with Crippen LogP contribution in [0.4, 0.5) is 0 Å². The van der Waals surface area contributed by atoms with Crippen LogP contribution in [0.5, 0.6) is 0 Å². The SMILES string of the molecule is CC(=O)[C@H]1[C@H]2CN[C@]1(C(=O)OC(C)(C)C)C2. The number of carbonyl (C=O) groups is 2. The smallest absolute Gasteiger partial charge is 0.327 e. The lowest BCUT2D eigenvalue weighted by molar-refractivity contribution is -0.172. The van der Waals surface area contributed by atoms with Gasteiger partial charge in [-0.2, -0.15) is 0 Å². The number of nitrogens with one attached hydrogen (secondary N) is 1. The van der Waals surface area contributed by atoms with Crippen LogP contribution in [0, 0.1) is 11.8 Å². The van der Waals surface area contributed by atoms with Crippen LogP contribution in [-0.2, 0) is 14.3 Å². The normalized spacial score (nSPS) is 36.8. The lowest BCUT2D eigenvalue weighted by Gasteiger charge is -2.43. The molecule has 1 saturated carbocycles. The van der Waals surface area contributed by atoms with E-state index in [1.807, 2.05) is 20.8 Å². The van der Waals surface area contributed by atoms with Gasteiger partial charge in [-0.05, 0) is 46.6 Å². The Balaban J connectivity index is 2.14. The second-order valence-corrected chi connectivity index (χ2v) is 5.91. The van der Waals surface area contributed by atoms with E-state index in [0.717, 1.165) is 13.0 Å². The minimum atomic E-state index is -0.718. The molecule has 1 aliphatic carbocycles. The van der Waals surface area contributed by atoms with Gasteiger partial charge in [0.1, 0.15) is 16.9 Å². The van der Waals surface area contributed by atoms with Gasteiger partial charge in [-0.25, -0.2) is 0 Å². The Bertz CT molecular complexity index is 341. The Morgan fingerprint density at radius 3 is 2.44 bits per heavy atom. The molecule has 2 aliphatic heterocycles. The quantitative estimate of drug-likeness (QED) is 0.709. The van der Waals surface area contributed by atoms with E-state index in [-0.39, 0.29) is 17.7 Å². The maximum Gasteiger partial charge on any atom is 0.327 e. The number of hydrogen-bond acceptors (Lipinski definition) is 4. The topological polar surface area (TPSA) is 55.4 Å². The van der Waals surface area contributed by atoms with Crippen LogP contribution in [0.2, 0.25) is 0 Å². The van der Waals surface area contributed by atoms with Gasteiger partial charge in [0.2, 0.25) is 0 Å². The molecule has 3 fully saturated rings. The van der Waals surface area contributed by atoms with E-state index in [4.69, 9.17) is 4.74 Å². The van der Waals surface area contributed by atoms with Crippen LogP contribution >= 0.6 is 0 Å². The first-order chi connectivity index (χ1) is 7.26. The highest BCUT2D eigenvalue weighted by molar-refractivity contribution is 5.94. The van der Waals surface area contributed by atoms with Gasteiger partial charge >= 0.3 is 5.97 Å². The monoisotopic (exact) mass is 225 g/mol. The molecule has 3 aliphatic rings. The predicted octanol–water partition coefficient (Wildman–Crippen LogP) is 0.895. The number of fused-ring (bicyclic) bond motifs is 1. The van der Waals surface area contributed by atoms with Crippen LogP contribution < -0.4 is 5.32 Å². The van der Waals surface area contributed by atoms with E-state index in [1.54, 1.807) is 6.92 Å². The number of Topliss-reactive ketones (excluding diaryl/α,β-unsaturated/α-hetero) is 1. The van der Waals surface area contributed by atoms with Crippen LogP contribution in [0.1, 0.15) is 34.1 Å². The van der Waals surface area contributed by atoms with Gasteiger partial charge in [0.05, 0.1) is 5.92 Å². The molecule has 3 rings (SSSR count). The molecule has 0 unspecified atom stereocenters. The Morgan fingerprint density at radius 1 is 1.38 bits per heavy atom. The van der Waals surface area contributed by atoms with Gasteiger partial charge < -0.3 is 10.1 Å². The first-order valence-electron chi connectivity index (χ1n) is 5.75. The Kier molecular flexibility index (Phi) is 2.38. The van der Waals surface area contributed by atoms with E-state index in [2.05, 4.69) is 5.32 Å². The molecular weight excluding hydrogens is 206 g/mol. The summed E-state index contributed by atoms with van der Waals surface area (Å²) < 4.78 is 5.39. The van der Waals surface area contributed by atoms with Gasteiger partial charge in [0.15, 0.2) is 0 Å². The highest BCUT2D eigenvalue weighted by Crippen LogP contribution is 2.50. The second-order valence-electron chi connectivity index (χ2n) is 5.91. The van der Waals surface area contributed by atoms with Gasteiger partial charge in [-0.1, -0.05) is 0 Å².